The predicted molar refractivity (Wildman–Crippen MR) is 106 cm³/mol. The van der Waals surface area contributed by atoms with Crippen LogP contribution in [0.5, 0.6) is 0 Å². The molecule has 0 unspecified atom stereocenters. The molecule has 2 aromatic carbocycles. The van der Waals surface area contributed by atoms with Gasteiger partial charge in [-0.05, 0) is 54.5 Å². The van der Waals surface area contributed by atoms with Crippen LogP contribution in [-0.2, 0) is 23.0 Å². The molecule has 2 atom stereocenters. The molecule has 2 aromatic rings. The second-order valence-electron chi connectivity index (χ2n) is 8.25. The molecule has 158 valence electrons. The van der Waals surface area contributed by atoms with Crippen LogP contribution in [0.4, 0.5) is 13.2 Å². The fraction of sp³-hybridized carbons (Fsp3) is 0.375. The van der Waals surface area contributed by atoms with Crippen LogP contribution in [0, 0.1) is 0 Å². The first-order valence-electron chi connectivity index (χ1n) is 9.93. The number of hydrogen-bond acceptors (Lipinski definition) is 3. The van der Waals surface area contributed by atoms with Crippen molar-refractivity contribution in [1.29, 1.82) is 0 Å². The van der Waals surface area contributed by atoms with Crippen molar-refractivity contribution in [2.75, 3.05) is 7.11 Å². The van der Waals surface area contributed by atoms with E-state index in [1.807, 2.05) is 42.5 Å². The Morgan fingerprint density at radius 3 is 2.53 bits per heavy atom. The third kappa shape index (κ3) is 3.33. The van der Waals surface area contributed by atoms with Gasteiger partial charge in [0.1, 0.15) is 0 Å². The third-order valence-electron chi connectivity index (χ3n) is 6.55. The van der Waals surface area contributed by atoms with E-state index in [2.05, 4.69) is 0 Å². The number of fused-ring (bicyclic) bond motifs is 3. The number of aliphatic hydroxyl groups is 1. The molecular formula is C24H23F3O3. The average Bonchev–Trinajstić information content (AvgIpc) is 2.73. The number of allylic oxidation sites excluding steroid dienone is 1. The minimum Gasteiger partial charge on any atom is -0.465 e. The molecule has 0 aromatic heterocycles. The smallest absolute Gasteiger partial charge is 0.417 e. The summed E-state index contributed by atoms with van der Waals surface area (Å²) in [5, 5.41) is 10.4. The fourth-order valence-electron chi connectivity index (χ4n) is 4.92. The zero-order chi connectivity index (χ0) is 21.6. The molecule has 6 heteroatoms. The van der Waals surface area contributed by atoms with Gasteiger partial charge in [-0.1, -0.05) is 48.0 Å². The number of rotatable bonds is 3. The highest BCUT2D eigenvalue weighted by molar-refractivity contribution is 5.89. The summed E-state index contributed by atoms with van der Waals surface area (Å²) in [6.45, 7) is 0. The van der Waals surface area contributed by atoms with Crippen molar-refractivity contribution < 1.29 is 27.8 Å². The summed E-state index contributed by atoms with van der Waals surface area (Å²) in [6.07, 6.45) is -2.53. The summed E-state index contributed by atoms with van der Waals surface area (Å²) >= 11 is 0. The van der Waals surface area contributed by atoms with Gasteiger partial charge in [-0.25, -0.2) is 4.79 Å². The van der Waals surface area contributed by atoms with E-state index >= 15 is 0 Å². The maximum atomic E-state index is 13.6. The van der Waals surface area contributed by atoms with Crippen LogP contribution in [0.15, 0.2) is 60.2 Å². The fourth-order valence-corrected chi connectivity index (χ4v) is 4.92. The topological polar surface area (TPSA) is 46.5 Å². The molecule has 0 heterocycles. The van der Waals surface area contributed by atoms with Crippen molar-refractivity contribution in [3.63, 3.8) is 0 Å². The van der Waals surface area contributed by atoms with Gasteiger partial charge in [-0.3, -0.25) is 0 Å². The Morgan fingerprint density at radius 1 is 1.13 bits per heavy atom. The zero-order valence-corrected chi connectivity index (χ0v) is 16.6. The quantitative estimate of drug-likeness (QED) is 0.571. The maximum absolute atomic E-state index is 13.6. The molecule has 1 N–H and O–H groups in total. The van der Waals surface area contributed by atoms with Crippen LogP contribution >= 0.6 is 0 Å². The number of methoxy groups -OCH3 is 1. The molecule has 0 radical (unpaired) electrons. The first-order valence-corrected chi connectivity index (χ1v) is 9.93. The Hall–Kier alpha value is -2.60. The molecular weight excluding hydrogens is 393 g/mol. The lowest BCUT2D eigenvalue weighted by molar-refractivity contribution is -0.267. The summed E-state index contributed by atoms with van der Waals surface area (Å²) in [4.78, 5) is 12.0. The predicted octanol–water partition coefficient (Wildman–Crippen LogP) is 4.91. The van der Waals surface area contributed by atoms with Crippen LogP contribution in [0.25, 0.3) is 0 Å². The van der Waals surface area contributed by atoms with Crippen molar-refractivity contribution in [3.8, 4) is 0 Å². The summed E-state index contributed by atoms with van der Waals surface area (Å²) in [5.74, 6) is -0.445. The van der Waals surface area contributed by atoms with Gasteiger partial charge < -0.3 is 9.84 Å². The molecule has 3 nitrogen and oxygen atoms in total. The number of alkyl halides is 3. The van der Waals surface area contributed by atoms with Crippen LogP contribution < -0.4 is 0 Å². The van der Waals surface area contributed by atoms with E-state index in [9.17, 15) is 23.1 Å². The van der Waals surface area contributed by atoms with Crippen molar-refractivity contribution in [2.24, 2.45) is 0 Å². The molecule has 0 bridgehead atoms. The van der Waals surface area contributed by atoms with Crippen LogP contribution in [0.1, 0.15) is 46.3 Å². The molecule has 0 aliphatic heterocycles. The summed E-state index contributed by atoms with van der Waals surface area (Å²) < 4.78 is 45.6. The van der Waals surface area contributed by atoms with E-state index in [4.69, 9.17) is 4.74 Å². The van der Waals surface area contributed by atoms with Gasteiger partial charge in [-0.2, -0.15) is 13.2 Å². The highest BCUT2D eigenvalue weighted by Crippen LogP contribution is 2.55. The van der Waals surface area contributed by atoms with Gasteiger partial charge in [0, 0.05) is 11.8 Å². The van der Waals surface area contributed by atoms with Crippen molar-refractivity contribution in [1.82, 2.24) is 0 Å². The molecule has 0 saturated heterocycles. The van der Waals surface area contributed by atoms with E-state index in [0.29, 0.717) is 24.0 Å². The van der Waals surface area contributed by atoms with Crippen LogP contribution in [0.2, 0.25) is 0 Å². The lowest BCUT2D eigenvalue weighted by Crippen LogP contribution is -2.53. The van der Waals surface area contributed by atoms with E-state index < -0.39 is 29.6 Å². The normalized spacial score (nSPS) is 25.7. The number of carbonyl (C=O) groups excluding carboxylic acids is 1. The second-order valence-corrected chi connectivity index (χ2v) is 8.25. The molecule has 0 spiro atoms. The van der Waals surface area contributed by atoms with Gasteiger partial charge in [0.05, 0.1) is 12.7 Å². The van der Waals surface area contributed by atoms with Gasteiger partial charge in [0.15, 0.2) is 5.60 Å². The number of hydrogen-bond donors (Lipinski definition) is 1. The Kier molecular flexibility index (Phi) is 5.01. The Bertz CT molecular complexity index is 997. The zero-order valence-electron chi connectivity index (χ0n) is 16.6. The van der Waals surface area contributed by atoms with E-state index in [1.165, 1.54) is 7.11 Å². The lowest BCUT2D eigenvalue weighted by atomic mass is 9.56. The van der Waals surface area contributed by atoms with Gasteiger partial charge in [0.2, 0.25) is 0 Å². The monoisotopic (exact) mass is 416 g/mol. The largest absolute Gasteiger partial charge is 0.465 e. The first-order chi connectivity index (χ1) is 14.2. The summed E-state index contributed by atoms with van der Waals surface area (Å²) in [6, 6.07) is 14.9. The third-order valence-corrected chi connectivity index (χ3v) is 6.55. The van der Waals surface area contributed by atoms with E-state index in [0.717, 1.165) is 16.7 Å². The molecule has 2 aliphatic carbocycles. The van der Waals surface area contributed by atoms with Crippen LogP contribution in [0.3, 0.4) is 0 Å². The highest BCUT2D eigenvalue weighted by Gasteiger charge is 2.59. The molecule has 4 rings (SSSR count). The number of esters is 1. The van der Waals surface area contributed by atoms with Crippen molar-refractivity contribution in [2.45, 2.75) is 49.3 Å². The minimum atomic E-state index is -4.68. The van der Waals surface area contributed by atoms with Gasteiger partial charge in [0.25, 0.3) is 0 Å². The first kappa shape index (κ1) is 20.7. The number of carbonyl (C=O) groups is 1. The van der Waals surface area contributed by atoms with Crippen molar-refractivity contribution in [3.05, 3.63) is 82.4 Å². The summed E-state index contributed by atoms with van der Waals surface area (Å²) in [5.41, 5.74) is 0.562. The van der Waals surface area contributed by atoms with Crippen LogP contribution in [-0.4, -0.2) is 30.0 Å². The molecule has 1 saturated carbocycles. The minimum absolute atomic E-state index is 0.175. The van der Waals surface area contributed by atoms with E-state index in [-0.39, 0.29) is 12.8 Å². The Labute approximate surface area is 173 Å². The maximum Gasteiger partial charge on any atom is 0.417 e. The number of halogens is 3. The lowest BCUT2D eigenvalue weighted by Gasteiger charge is -2.49. The van der Waals surface area contributed by atoms with Gasteiger partial charge in [-0.15, -0.1) is 0 Å². The molecule has 30 heavy (non-hydrogen) atoms. The second kappa shape index (κ2) is 7.27. The SMILES string of the molecule is COC(=O)c1ccc2c(c1)CC=C1C[C@@](O)(C(F)(F)F)CC[C@]12Cc1ccccc1. The molecule has 0 amide bonds. The molecule has 2 aliphatic rings. The summed E-state index contributed by atoms with van der Waals surface area (Å²) in [7, 11) is 1.32. The number of benzene rings is 2. The molecule has 1 fully saturated rings. The average molecular weight is 416 g/mol. The Balaban J connectivity index is 1.81. The number of ether oxygens (including phenoxy) is 1. The van der Waals surface area contributed by atoms with Gasteiger partial charge >= 0.3 is 12.1 Å². The van der Waals surface area contributed by atoms with E-state index in [1.54, 1.807) is 12.1 Å². The Morgan fingerprint density at radius 2 is 1.87 bits per heavy atom. The standard InChI is InChI=1S/C24H23F3O3/c1-30-21(28)18-8-10-20-17(13-18)7-9-19-15-23(29,24(25,26)27)12-11-22(19,20)14-16-5-3-2-4-6-16/h2-6,8-10,13,29H,7,11-12,14-15H2,1H3/t22-,23+/m0/s1. The highest BCUT2D eigenvalue weighted by atomic mass is 19.4. The van der Waals surface area contributed by atoms with Crippen molar-refractivity contribution >= 4 is 5.97 Å².